The van der Waals surface area contributed by atoms with Crippen LogP contribution >= 0.6 is 11.3 Å². The van der Waals surface area contributed by atoms with Crippen LogP contribution in [-0.4, -0.2) is 11.7 Å². The normalized spacial score (nSPS) is 14.5. The molecule has 51 heavy (non-hydrogen) atoms. The predicted octanol–water partition coefficient (Wildman–Crippen LogP) is 12.2. The lowest BCUT2D eigenvalue weighted by molar-refractivity contribution is 0.680. The fourth-order valence-electron chi connectivity index (χ4n) is 7.50. The number of nitrogens with zero attached hydrogens (tertiary/aromatic N) is 2. The molecule has 0 aliphatic carbocycles. The molecule has 0 saturated carbocycles. The van der Waals surface area contributed by atoms with Gasteiger partial charge in [-0.15, -0.1) is 11.3 Å². The van der Waals surface area contributed by atoms with E-state index in [1.54, 1.807) is 0 Å². The fraction of sp³-hybridized carbons (Fsp3) is 0.0213. The summed E-state index contributed by atoms with van der Waals surface area (Å²) in [6.45, 7) is 0. The molecule has 3 nitrogen and oxygen atoms in total. The highest BCUT2D eigenvalue weighted by atomic mass is 32.1. The standard InChI is InChI=1S/C47H31N3S/c1-3-14-30(15-4-1)45-48-46(31-16-5-2-6-17-31)50-47(49-45)41-28-35(29-43-44(41)39-24-11-12-25-42(39)51-43)32-19-13-20-33(26-32)40-27-34-18-7-8-21-36(34)37-22-9-10-23-38(37)40/h1-29,47H,(H,48,49,50). The predicted molar refractivity (Wildman–Crippen MR) is 217 cm³/mol. The second-order valence-corrected chi connectivity index (χ2v) is 14.1. The quantitative estimate of drug-likeness (QED) is 0.182. The molecule has 10 rings (SSSR count). The maximum Gasteiger partial charge on any atom is 0.159 e. The highest BCUT2D eigenvalue weighted by Gasteiger charge is 2.25. The minimum atomic E-state index is -0.346. The molecule has 1 aliphatic heterocycles. The molecule has 0 bridgehead atoms. The number of hydrogen-bond acceptors (Lipinski definition) is 4. The van der Waals surface area contributed by atoms with Crippen LogP contribution in [0.2, 0.25) is 0 Å². The zero-order valence-corrected chi connectivity index (χ0v) is 28.4. The summed E-state index contributed by atoms with van der Waals surface area (Å²) in [6.07, 6.45) is -0.346. The van der Waals surface area contributed by atoms with Crippen molar-refractivity contribution in [1.82, 2.24) is 5.32 Å². The number of rotatable bonds is 5. The van der Waals surface area contributed by atoms with E-state index in [0.29, 0.717) is 0 Å². The van der Waals surface area contributed by atoms with Crippen molar-refractivity contribution >= 4 is 64.7 Å². The van der Waals surface area contributed by atoms with Gasteiger partial charge in [-0.25, -0.2) is 9.98 Å². The second kappa shape index (κ2) is 12.2. The summed E-state index contributed by atoms with van der Waals surface area (Å²) in [4.78, 5) is 10.4. The third-order valence-corrected chi connectivity index (χ3v) is 11.0. The average Bonchev–Trinajstić information content (AvgIpc) is 3.59. The molecule has 8 aromatic carbocycles. The van der Waals surface area contributed by atoms with Crippen LogP contribution in [0.5, 0.6) is 0 Å². The lowest BCUT2D eigenvalue weighted by Gasteiger charge is -2.25. The number of fused-ring (bicyclic) bond motifs is 6. The Hall–Kier alpha value is -6.36. The summed E-state index contributed by atoms with van der Waals surface area (Å²) in [5, 5.41) is 11.3. The largest absolute Gasteiger partial charge is 0.344 e. The van der Waals surface area contributed by atoms with E-state index >= 15 is 0 Å². The van der Waals surface area contributed by atoms with E-state index in [-0.39, 0.29) is 6.17 Å². The maximum absolute atomic E-state index is 5.32. The van der Waals surface area contributed by atoms with Crippen molar-refractivity contribution in [1.29, 1.82) is 0 Å². The zero-order chi connectivity index (χ0) is 33.7. The lowest BCUT2D eigenvalue weighted by atomic mass is 9.91. The third-order valence-electron chi connectivity index (χ3n) is 9.90. The highest BCUT2D eigenvalue weighted by Crippen LogP contribution is 2.43. The Bertz CT molecular complexity index is 2830. The number of aliphatic imine (C=N–C) groups is 2. The van der Waals surface area contributed by atoms with Crippen molar-refractivity contribution in [2.24, 2.45) is 9.98 Å². The van der Waals surface area contributed by atoms with Gasteiger partial charge >= 0.3 is 0 Å². The molecular formula is C47H31N3S. The van der Waals surface area contributed by atoms with Gasteiger partial charge in [-0.1, -0.05) is 146 Å². The molecular weight excluding hydrogens is 639 g/mol. The maximum atomic E-state index is 5.32. The van der Waals surface area contributed by atoms with Crippen molar-refractivity contribution in [3.8, 4) is 22.3 Å². The molecule has 9 aromatic rings. The van der Waals surface area contributed by atoms with Gasteiger partial charge in [0.05, 0.1) is 0 Å². The van der Waals surface area contributed by atoms with E-state index in [1.165, 1.54) is 58.4 Å². The molecule has 0 spiro atoms. The highest BCUT2D eigenvalue weighted by molar-refractivity contribution is 7.25. The van der Waals surface area contributed by atoms with Gasteiger partial charge in [0.15, 0.2) is 5.84 Å². The first kappa shape index (κ1) is 29.5. The first-order valence-electron chi connectivity index (χ1n) is 17.3. The molecule has 1 N–H and O–H groups in total. The van der Waals surface area contributed by atoms with E-state index in [9.17, 15) is 0 Å². The van der Waals surface area contributed by atoms with Crippen molar-refractivity contribution < 1.29 is 0 Å². The van der Waals surface area contributed by atoms with Gasteiger partial charge in [0.1, 0.15) is 12.0 Å². The Morgan fingerprint density at radius 1 is 0.451 bits per heavy atom. The third kappa shape index (κ3) is 5.20. The molecule has 1 aliphatic rings. The molecule has 4 heteroatoms. The zero-order valence-electron chi connectivity index (χ0n) is 27.6. The minimum Gasteiger partial charge on any atom is -0.344 e. The molecule has 1 aromatic heterocycles. The minimum absolute atomic E-state index is 0.346. The van der Waals surface area contributed by atoms with Gasteiger partial charge in [-0.05, 0) is 74.1 Å². The van der Waals surface area contributed by atoms with Gasteiger partial charge in [-0.3, -0.25) is 0 Å². The Kier molecular flexibility index (Phi) is 7.07. The summed E-state index contributed by atoms with van der Waals surface area (Å²) in [5.74, 6) is 1.54. The number of amidine groups is 2. The molecule has 1 unspecified atom stereocenters. The van der Waals surface area contributed by atoms with Crippen LogP contribution in [0.3, 0.4) is 0 Å². The Labute approximate surface area is 299 Å². The number of hydrogen-bond donors (Lipinski definition) is 1. The van der Waals surface area contributed by atoms with Crippen LogP contribution in [0.1, 0.15) is 22.9 Å². The van der Waals surface area contributed by atoms with Crippen LogP contribution in [0.15, 0.2) is 186 Å². The van der Waals surface area contributed by atoms with Gasteiger partial charge in [0.2, 0.25) is 0 Å². The number of nitrogens with one attached hydrogen (secondary N) is 1. The summed E-state index contributed by atoms with van der Waals surface area (Å²) in [5.41, 5.74) is 7.94. The molecule has 0 saturated heterocycles. The summed E-state index contributed by atoms with van der Waals surface area (Å²) in [7, 11) is 0. The Morgan fingerprint density at radius 3 is 1.92 bits per heavy atom. The van der Waals surface area contributed by atoms with Crippen molar-refractivity contribution in [3.05, 3.63) is 193 Å². The Balaban J connectivity index is 1.17. The Morgan fingerprint density at radius 2 is 1.10 bits per heavy atom. The second-order valence-electron chi connectivity index (χ2n) is 13.0. The molecule has 0 fully saturated rings. The lowest BCUT2D eigenvalue weighted by Crippen LogP contribution is -2.33. The van der Waals surface area contributed by atoms with Crippen LogP contribution < -0.4 is 5.32 Å². The molecule has 0 amide bonds. The topological polar surface area (TPSA) is 36.8 Å². The first-order valence-corrected chi connectivity index (χ1v) is 18.1. The number of thiophene rings is 1. The van der Waals surface area contributed by atoms with Crippen LogP contribution in [0.25, 0.3) is 64.0 Å². The molecule has 2 heterocycles. The molecule has 240 valence electrons. The van der Waals surface area contributed by atoms with Gasteiger partial charge < -0.3 is 5.32 Å². The van der Waals surface area contributed by atoms with Crippen LogP contribution in [-0.2, 0) is 0 Å². The fourth-order valence-corrected chi connectivity index (χ4v) is 8.68. The smallest absolute Gasteiger partial charge is 0.159 e. The van der Waals surface area contributed by atoms with E-state index < -0.39 is 0 Å². The van der Waals surface area contributed by atoms with E-state index in [1.807, 2.05) is 35.6 Å². The summed E-state index contributed by atoms with van der Waals surface area (Å²) < 4.78 is 2.51. The van der Waals surface area contributed by atoms with Gasteiger partial charge in [0, 0.05) is 36.9 Å². The molecule has 0 radical (unpaired) electrons. The van der Waals surface area contributed by atoms with Crippen molar-refractivity contribution in [2.75, 3.05) is 0 Å². The van der Waals surface area contributed by atoms with Crippen molar-refractivity contribution in [3.63, 3.8) is 0 Å². The van der Waals surface area contributed by atoms with Gasteiger partial charge in [0.25, 0.3) is 0 Å². The van der Waals surface area contributed by atoms with Gasteiger partial charge in [-0.2, -0.15) is 0 Å². The SMILES string of the molecule is c1ccc(C2=NC(c3cc(-c4cccc(-c5cc6ccccc6c6ccccc56)c4)cc4sc5ccccc5c34)NC(c3ccccc3)=N2)cc1. The van der Waals surface area contributed by atoms with E-state index in [0.717, 1.165) is 33.9 Å². The average molecular weight is 670 g/mol. The summed E-state index contributed by atoms with van der Waals surface area (Å²) >= 11 is 1.84. The first-order chi connectivity index (χ1) is 25.3. The van der Waals surface area contributed by atoms with E-state index in [4.69, 9.17) is 9.98 Å². The summed E-state index contributed by atoms with van der Waals surface area (Å²) in [6, 6.07) is 62.8. The number of benzene rings is 8. The molecule has 1 atom stereocenters. The van der Waals surface area contributed by atoms with Crippen LogP contribution in [0.4, 0.5) is 0 Å². The van der Waals surface area contributed by atoms with Crippen LogP contribution in [0, 0.1) is 0 Å². The monoisotopic (exact) mass is 669 g/mol. The van der Waals surface area contributed by atoms with Crippen molar-refractivity contribution in [2.45, 2.75) is 6.17 Å². The van der Waals surface area contributed by atoms with E-state index in [2.05, 4.69) is 157 Å².